The number of piperidine rings is 2. The standard InChI is InChI=1S/C40H44F6N4O5S/c1-3-10-33-38(55-28-23-34(56-25-28)40(44,45)46,15-9-19-50(33)35(52)29-24-48-18-14-30(29)39(41,42)43)36(53)49-20-16-37(26-47,17-21-49)31-12-6-7-13-32(31)54-22-8-4-5-11-27(2)51/h6-7,12-14,18,23-25,33H,3-5,8-11,15-17,19-22H2,1-2H3/t33-,38+/m1/s1. The van der Waals surface area contributed by atoms with Gasteiger partial charge in [-0.3, -0.25) is 14.6 Å². The average Bonchev–Trinajstić information content (AvgIpc) is 3.65. The van der Waals surface area contributed by atoms with Crippen LogP contribution in [-0.2, 0) is 27.4 Å². The normalized spacial score (nSPS) is 19.9. The van der Waals surface area contributed by atoms with Gasteiger partial charge >= 0.3 is 12.4 Å². The summed E-state index contributed by atoms with van der Waals surface area (Å²) in [6.45, 7) is 3.74. The number of alkyl halides is 6. The number of nitriles is 1. The number of carbonyl (C=O) groups is 3. The lowest BCUT2D eigenvalue weighted by molar-refractivity contribution is -0.160. The Hall–Kier alpha value is -4.65. The Kier molecular flexibility index (Phi) is 13.4. The average molecular weight is 807 g/mol. The summed E-state index contributed by atoms with van der Waals surface area (Å²) in [6, 6.07) is 9.92. The first-order chi connectivity index (χ1) is 26.6. The molecule has 16 heteroatoms. The van der Waals surface area contributed by atoms with Crippen LogP contribution in [0.15, 0.2) is 54.2 Å². The third-order valence-electron chi connectivity index (χ3n) is 10.5. The number of Topliss-reactive ketones (excluding diaryl/α,β-unsaturated/α-hetero) is 1. The summed E-state index contributed by atoms with van der Waals surface area (Å²) in [6.07, 6.45) is -4.24. The van der Waals surface area contributed by atoms with Gasteiger partial charge in [-0.05, 0) is 64.0 Å². The molecule has 4 heterocycles. The van der Waals surface area contributed by atoms with Gasteiger partial charge in [0.2, 0.25) is 5.60 Å². The number of amides is 2. The number of thiophene rings is 1. The molecular formula is C40H44F6N4O5S. The Labute approximate surface area is 325 Å². The Morgan fingerprint density at radius 2 is 1.73 bits per heavy atom. The van der Waals surface area contributed by atoms with E-state index in [0.29, 0.717) is 54.6 Å². The van der Waals surface area contributed by atoms with Gasteiger partial charge in [0.15, 0.2) is 0 Å². The predicted molar refractivity (Wildman–Crippen MR) is 195 cm³/mol. The first kappa shape index (κ1) is 42.5. The highest BCUT2D eigenvalue weighted by molar-refractivity contribution is 7.10. The van der Waals surface area contributed by atoms with E-state index in [1.807, 2.05) is 0 Å². The molecule has 56 heavy (non-hydrogen) atoms. The number of likely N-dealkylation sites (tertiary alicyclic amines) is 2. The summed E-state index contributed by atoms with van der Waals surface area (Å²) in [5.74, 6) is -1.26. The quantitative estimate of drug-likeness (QED) is 0.118. The van der Waals surface area contributed by atoms with E-state index in [-0.39, 0.29) is 63.3 Å². The molecule has 1 aromatic carbocycles. The van der Waals surface area contributed by atoms with Crippen LogP contribution in [0, 0.1) is 11.3 Å². The number of benzene rings is 1. The summed E-state index contributed by atoms with van der Waals surface area (Å²) in [5, 5.41) is 11.7. The Balaban J connectivity index is 1.46. The molecule has 0 saturated carbocycles. The second kappa shape index (κ2) is 17.7. The zero-order valence-electron chi connectivity index (χ0n) is 31.2. The maximum absolute atomic E-state index is 15.0. The molecule has 2 aliphatic heterocycles. The molecule has 0 N–H and O–H groups in total. The van der Waals surface area contributed by atoms with Gasteiger partial charge in [0, 0.05) is 61.9 Å². The maximum atomic E-state index is 15.0. The molecule has 2 aromatic heterocycles. The smallest absolute Gasteiger partial charge is 0.425 e. The molecule has 2 fully saturated rings. The number of halogens is 6. The highest BCUT2D eigenvalue weighted by atomic mass is 32.1. The van der Waals surface area contributed by atoms with E-state index in [4.69, 9.17) is 9.47 Å². The van der Waals surface area contributed by atoms with Crippen LogP contribution in [0.3, 0.4) is 0 Å². The molecule has 302 valence electrons. The zero-order chi connectivity index (χ0) is 40.7. The molecule has 2 atom stereocenters. The number of ether oxygens (including phenoxy) is 2. The van der Waals surface area contributed by atoms with Gasteiger partial charge in [0.25, 0.3) is 11.8 Å². The lowest BCUT2D eigenvalue weighted by Gasteiger charge is -2.51. The van der Waals surface area contributed by atoms with Crippen molar-refractivity contribution in [2.75, 3.05) is 26.2 Å². The third kappa shape index (κ3) is 9.30. The zero-order valence-corrected chi connectivity index (χ0v) is 32.0. The summed E-state index contributed by atoms with van der Waals surface area (Å²) < 4.78 is 95.9. The molecule has 0 aliphatic carbocycles. The van der Waals surface area contributed by atoms with E-state index in [1.165, 1.54) is 9.80 Å². The summed E-state index contributed by atoms with van der Waals surface area (Å²) >= 11 is 0.376. The van der Waals surface area contributed by atoms with Crippen molar-refractivity contribution in [2.45, 2.75) is 107 Å². The van der Waals surface area contributed by atoms with Crippen molar-refractivity contribution >= 4 is 28.9 Å². The Morgan fingerprint density at radius 1 is 1.00 bits per heavy atom. The molecule has 0 unspecified atom stereocenters. The van der Waals surface area contributed by atoms with E-state index in [0.717, 1.165) is 36.7 Å². The molecule has 0 spiro atoms. The largest absolute Gasteiger partial charge is 0.493 e. The van der Waals surface area contributed by atoms with Crippen LogP contribution in [0.1, 0.15) is 104 Å². The van der Waals surface area contributed by atoms with Crippen molar-refractivity contribution in [3.63, 3.8) is 0 Å². The van der Waals surface area contributed by atoms with Gasteiger partial charge in [-0.25, -0.2) is 0 Å². The predicted octanol–water partition coefficient (Wildman–Crippen LogP) is 9.02. The van der Waals surface area contributed by atoms with Crippen molar-refractivity contribution in [3.05, 3.63) is 75.7 Å². The molecule has 3 aromatic rings. The monoisotopic (exact) mass is 806 g/mol. The van der Waals surface area contributed by atoms with Crippen LogP contribution in [0.25, 0.3) is 0 Å². The van der Waals surface area contributed by atoms with Gasteiger partial charge in [-0.1, -0.05) is 31.5 Å². The molecule has 9 nitrogen and oxygen atoms in total. The van der Waals surface area contributed by atoms with E-state index in [2.05, 4.69) is 11.1 Å². The van der Waals surface area contributed by atoms with Crippen LogP contribution in [0.4, 0.5) is 26.3 Å². The van der Waals surface area contributed by atoms with E-state index in [1.54, 1.807) is 38.1 Å². The number of rotatable bonds is 14. The molecular weight excluding hydrogens is 763 g/mol. The molecule has 2 aliphatic rings. The third-order valence-corrected chi connectivity index (χ3v) is 11.5. The summed E-state index contributed by atoms with van der Waals surface area (Å²) in [7, 11) is 0. The number of hydrogen-bond donors (Lipinski definition) is 0. The SMILES string of the molecule is CCC[C@H]1N(C(=O)c2cnccc2C(F)(F)F)CCC[C@@]1(Oc1csc(C(F)(F)F)c1)C(=O)N1CCC(C#N)(c2ccccc2OCCCCCC(C)=O)CC1. The Morgan fingerprint density at radius 3 is 2.38 bits per heavy atom. The minimum Gasteiger partial charge on any atom is -0.493 e. The van der Waals surface area contributed by atoms with Crippen LogP contribution < -0.4 is 9.47 Å². The van der Waals surface area contributed by atoms with Crippen molar-refractivity contribution in [2.24, 2.45) is 0 Å². The number of ketones is 1. The van der Waals surface area contributed by atoms with Crippen molar-refractivity contribution < 1.29 is 50.2 Å². The van der Waals surface area contributed by atoms with Crippen LogP contribution in [-0.4, -0.2) is 70.3 Å². The van der Waals surface area contributed by atoms with Gasteiger partial charge in [0.1, 0.15) is 22.2 Å². The fourth-order valence-electron chi connectivity index (χ4n) is 7.73. The van der Waals surface area contributed by atoms with E-state index >= 15 is 0 Å². The molecule has 2 saturated heterocycles. The highest BCUT2D eigenvalue weighted by Crippen LogP contribution is 2.45. The minimum absolute atomic E-state index is 0.0281. The van der Waals surface area contributed by atoms with Crippen molar-refractivity contribution in [3.8, 4) is 17.6 Å². The number of pyridine rings is 1. The van der Waals surface area contributed by atoms with E-state index in [9.17, 15) is 46.0 Å². The number of nitrogens with zero attached hydrogens (tertiary/aromatic N) is 4. The minimum atomic E-state index is -4.89. The second-order valence-corrected chi connectivity index (χ2v) is 15.2. The summed E-state index contributed by atoms with van der Waals surface area (Å²) in [5.41, 5.74) is -4.29. The lowest BCUT2D eigenvalue weighted by atomic mass is 9.72. The first-order valence-electron chi connectivity index (χ1n) is 18.7. The van der Waals surface area contributed by atoms with Crippen LogP contribution >= 0.6 is 11.3 Å². The molecule has 0 radical (unpaired) electrons. The van der Waals surface area contributed by atoms with Gasteiger partial charge in [-0.2, -0.15) is 31.6 Å². The van der Waals surface area contributed by atoms with Crippen LogP contribution in [0.2, 0.25) is 0 Å². The first-order valence-corrected chi connectivity index (χ1v) is 19.5. The van der Waals surface area contributed by atoms with Gasteiger partial charge < -0.3 is 24.1 Å². The molecule has 2 amide bonds. The number of unbranched alkanes of at least 4 members (excludes halogenated alkanes) is 2. The second-order valence-electron chi connectivity index (χ2n) is 14.3. The van der Waals surface area contributed by atoms with Gasteiger partial charge in [-0.15, -0.1) is 11.3 Å². The fourth-order valence-corrected chi connectivity index (χ4v) is 8.40. The summed E-state index contributed by atoms with van der Waals surface area (Å²) in [4.78, 5) is 45.8. The number of carbonyl (C=O) groups excluding carboxylic acids is 3. The number of hydrogen-bond acceptors (Lipinski definition) is 8. The maximum Gasteiger partial charge on any atom is 0.425 e. The topological polar surface area (TPSA) is 113 Å². The fraction of sp³-hybridized carbons (Fsp3) is 0.525. The lowest BCUT2D eigenvalue weighted by Crippen LogP contribution is -2.68. The Bertz CT molecular complexity index is 1900. The highest BCUT2D eigenvalue weighted by Gasteiger charge is 2.57. The molecule has 0 bridgehead atoms. The van der Waals surface area contributed by atoms with Crippen molar-refractivity contribution in [1.29, 1.82) is 5.26 Å². The van der Waals surface area contributed by atoms with E-state index < -0.39 is 57.2 Å². The van der Waals surface area contributed by atoms with Gasteiger partial charge in [0.05, 0.1) is 35.3 Å². The molecule has 5 rings (SSSR count). The number of para-hydroxylation sites is 1. The number of aromatic nitrogens is 1. The van der Waals surface area contributed by atoms with Crippen LogP contribution in [0.5, 0.6) is 11.5 Å². The van der Waals surface area contributed by atoms with Crippen molar-refractivity contribution in [1.82, 2.24) is 14.8 Å².